The first-order valence-corrected chi connectivity index (χ1v) is 15.5. The van der Waals surface area contributed by atoms with Crippen molar-refractivity contribution in [2.45, 2.75) is 83.1 Å². The average Bonchev–Trinajstić information content (AvgIpc) is 3.47. The van der Waals surface area contributed by atoms with Crippen molar-refractivity contribution in [3.8, 4) is 0 Å². The van der Waals surface area contributed by atoms with Gasteiger partial charge in [0.25, 0.3) is 0 Å². The minimum Gasteiger partial charge on any atom is -0.480 e. The van der Waals surface area contributed by atoms with Crippen LogP contribution in [-0.4, -0.2) is 119 Å². The summed E-state index contributed by atoms with van der Waals surface area (Å²) in [6.07, 6.45) is 0.549. The fraction of sp³-hybridized carbons (Fsp3) is 0.667. The molecule has 12 N–H and O–H groups in total. The quantitative estimate of drug-likeness (QED) is 0.0268. The van der Waals surface area contributed by atoms with Gasteiger partial charge in [-0.2, -0.15) is 12.6 Å². The fourth-order valence-electron chi connectivity index (χ4n) is 4.66. The van der Waals surface area contributed by atoms with Gasteiger partial charge < -0.3 is 53.8 Å². The number of carboxylic acid groups (broad SMARTS) is 1. The first kappa shape index (κ1) is 40.4. The summed E-state index contributed by atoms with van der Waals surface area (Å²) in [6.45, 7) is 4.36. The number of aliphatic carboxylic acids is 1. The number of likely N-dealkylation sites (tertiary alicyclic amines) is 1. The maximum atomic E-state index is 13.5. The second-order valence-electron chi connectivity index (χ2n) is 11.2. The van der Waals surface area contributed by atoms with Crippen molar-refractivity contribution in [1.29, 1.82) is 0 Å². The van der Waals surface area contributed by atoms with Crippen molar-refractivity contribution in [2.24, 2.45) is 28.1 Å². The number of primary amides is 1. The van der Waals surface area contributed by atoms with Crippen molar-refractivity contribution in [3.05, 3.63) is 0 Å². The summed E-state index contributed by atoms with van der Waals surface area (Å²) in [5.41, 5.74) is 15.6. The lowest BCUT2D eigenvalue weighted by Gasteiger charge is -2.31. The molecule has 1 aliphatic heterocycles. The van der Waals surface area contributed by atoms with Gasteiger partial charge in [0.05, 0.1) is 13.0 Å². The van der Waals surface area contributed by atoms with E-state index in [9.17, 15) is 43.5 Å². The molecular formula is C27H46N10O9S. The topological polar surface area (TPSA) is 311 Å². The molecule has 0 spiro atoms. The maximum Gasteiger partial charge on any atom is 0.326 e. The van der Waals surface area contributed by atoms with E-state index in [4.69, 9.17) is 17.2 Å². The Morgan fingerprint density at radius 2 is 1.60 bits per heavy atom. The Labute approximate surface area is 277 Å². The second kappa shape index (κ2) is 19.8. The van der Waals surface area contributed by atoms with Crippen LogP contribution in [0.15, 0.2) is 4.99 Å². The van der Waals surface area contributed by atoms with E-state index in [1.54, 1.807) is 13.8 Å². The summed E-state index contributed by atoms with van der Waals surface area (Å²) < 4.78 is 0. The van der Waals surface area contributed by atoms with Gasteiger partial charge >= 0.3 is 5.97 Å². The third-order valence-electron chi connectivity index (χ3n) is 6.99. The number of carbonyl (C=O) groups excluding carboxylic acids is 7. The smallest absolute Gasteiger partial charge is 0.326 e. The molecule has 20 heteroatoms. The third-order valence-corrected chi connectivity index (χ3v) is 7.35. The lowest BCUT2D eigenvalue weighted by atomic mass is 10.0. The van der Waals surface area contributed by atoms with Gasteiger partial charge in [0.15, 0.2) is 5.96 Å². The Balaban J connectivity index is 2.83. The van der Waals surface area contributed by atoms with Gasteiger partial charge in [0.2, 0.25) is 41.4 Å². The van der Waals surface area contributed by atoms with Crippen LogP contribution < -0.4 is 43.8 Å². The Morgan fingerprint density at radius 1 is 0.936 bits per heavy atom. The van der Waals surface area contributed by atoms with Crippen LogP contribution in [0.4, 0.5) is 0 Å². The molecule has 0 unspecified atom stereocenters. The molecule has 19 nitrogen and oxygen atoms in total. The number of nitrogens with zero attached hydrogens (tertiary/aromatic N) is 2. The van der Waals surface area contributed by atoms with Crippen LogP contribution in [0.5, 0.6) is 0 Å². The molecule has 0 radical (unpaired) electrons. The monoisotopic (exact) mass is 686 g/mol. The molecule has 1 rings (SSSR count). The number of amides is 7. The Bertz CT molecular complexity index is 1210. The molecule has 0 bridgehead atoms. The first-order chi connectivity index (χ1) is 22.0. The summed E-state index contributed by atoms with van der Waals surface area (Å²) >= 11 is 4.11. The highest BCUT2D eigenvalue weighted by Crippen LogP contribution is 2.21. The first-order valence-electron chi connectivity index (χ1n) is 14.9. The van der Waals surface area contributed by atoms with Crippen LogP contribution in [0.3, 0.4) is 0 Å². The van der Waals surface area contributed by atoms with E-state index >= 15 is 0 Å². The third kappa shape index (κ3) is 14.1. The molecule has 1 saturated heterocycles. The second-order valence-corrected chi connectivity index (χ2v) is 11.6. The molecule has 1 fully saturated rings. The van der Waals surface area contributed by atoms with Gasteiger partial charge in [-0.05, 0) is 31.6 Å². The van der Waals surface area contributed by atoms with Crippen LogP contribution >= 0.6 is 12.6 Å². The minimum absolute atomic E-state index is 0.123. The Hall–Kier alpha value is -4.62. The number of guanidine groups is 1. The molecule has 0 aromatic rings. The van der Waals surface area contributed by atoms with E-state index < -0.39 is 96.4 Å². The number of aliphatic imine (C=N–C) groups is 1. The van der Waals surface area contributed by atoms with Crippen molar-refractivity contribution in [2.75, 3.05) is 25.4 Å². The number of hydrogen-bond acceptors (Lipinski definition) is 10. The van der Waals surface area contributed by atoms with E-state index in [0.717, 1.165) is 0 Å². The molecule has 264 valence electrons. The number of hydrogen-bond donors (Lipinski definition) is 10. The maximum absolute atomic E-state index is 13.5. The summed E-state index contributed by atoms with van der Waals surface area (Å²) in [4.78, 5) is 104. The van der Waals surface area contributed by atoms with Crippen molar-refractivity contribution in [3.63, 3.8) is 0 Å². The van der Waals surface area contributed by atoms with Crippen LogP contribution in [0, 0.1) is 5.92 Å². The molecule has 47 heavy (non-hydrogen) atoms. The normalized spacial score (nSPS) is 16.5. The average molecular weight is 687 g/mol. The molecular weight excluding hydrogens is 640 g/mol. The van der Waals surface area contributed by atoms with E-state index in [1.807, 2.05) is 0 Å². The SMILES string of the molecule is CC(=O)N[C@H](CCCN=C(N)N)C(=O)N[C@H](CS)C(=O)NCC(=O)N[C@H](C(=O)N1CCC[C@H]1C(=O)N[C@H](CC(N)=O)C(=O)O)C(C)C. The summed E-state index contributed by atoms with van der Waals surface area (Å²) in [5, 5.41) is 21.5. The lowest BCUT2D eigenvalue weighted by Crippen LogP contribution is -2.58. The standard InChI is InChI=1S/C27H46N10O9S/c1-13(2)21(25(44)37-9-5-7-18(37)24(43)34-16(26(45)46)10-19(28)39)36-20(40)11-32-22(41)17(12-47)35-23(42)15(33-14(3)38)6-4-8-31-27(29)30/h13,15-18,21,47H,4-12H2,1-3H3,(H2,28,39)(H,32,41)(H,33,38)(H,34,43)(H,35,42)(H,36,40)(H,45,46)(H4,29,30,31)/t15-,16-,17-,18+,21+/m1/s1. The molecule has 1 aliphatic rings. The fourth-order valence-corrected chi connectivity index (χ4v) is 4.92. The zero-order chi connectivity index (χ0) is 35.8. The molecule has 0 aromatic carbocycles. The number of carbonyl (C=O) groups is 8. The van der Waals surface area contributed by atoms with Crippen molar-refractivity contribution < 1.29 is 43.5 Å². The van der Waals surface area contributed by atoms with Gasteiger partial charge in [-0.3, -0.25) is 38.6 Å². The van der Waals surface area contributed by atoms with Gasteiger partial charge in [0.1, 0.15) is 30.2 Å². The zero-order valence-electron chi connectivity index (χ0n) is 26.6. The van der Waals surface area contributed by atoms with Gasteiger partial charge in [0, 0.05) is 25.8 Å². The number of rotatable bonds is 19. The van der Waals surface area contributed by atoms with Crippen LogP contribution in [-0.2, 0) is 38.4 Å². The van der Waals surface area contributed by atoms with Crippen molar-refractivity contribution >= 4 is 65.9 Å². The lowest BCUT2D eigenvalue weighted by molar-refractivity contribution is -0.146. The highest BCUT2D eigenvalue weighted by molar-refractivity contribution is 7.80. The molecule has 7 amide bonds. The molecule has 0 saturated carbocycles. The van der Waals surface area contributed by atoms with E-state index in [1.165, 1.54) is 11.8 Å². The van der Waals surface area contributed by atoms with Crippen LogP contribution in [0.25, 0.3) is 0 Å². The molecule has 5 atom stereocenters. The van der Waals surface area contributed by atoms with Crippen LogP contribution in [0.2, 0.25) is 0 Å². The number of nitrogens with one attached hydrogen (secondary N) is 5. The van der Waals surface area contributed by atoms with Gasteiger partial charge in [-0.15, -0.1) is 0 Å². The predicted molar refractivity (Wildman–Crippen MR) is 171 cm³/mol. The van der Waals surface area contributed by atoms with E-state index in [2.05, 4.69) is 44.2 Å². The predicted octanol–water partition coefficient (Wildman–Crippen LogP) is -4.35. The largest absolute Gasteiger partial charge is 0.480 e. The van der Waals surface area contributed by atoms with Gasteiger partial charge in [-0.25, -0.2) is 4.79 Å². The van der Waals surface area contributed by atoms with E-state index in [-0.39, 0.29) is 37.6 Å². The Kier molecular flexibility index (Phi) is 17.0. The highest BCUT2D eigenvalue weighted by atomic mass is 32.1. The summed E-state index contributed by atoms with van der Waals surface area (Å²) in [5.74, 6) is -7.11. The Morgan fingerprint density at radius 3 is 2.13 bits per heavy atom. The number of carboxylic acids is 1. The zero-order valence-corrected chi connectivity index (χ0v) is 27.5. The molecule has 1 heterocycles. The van der Waals surface area contributed by atoms with Crippen LogP contribution in [0.1, 0.15) is 52.9 Å². The van der Waals surface area contributed by atoms with Crippen molar-refractivity contribution in [1.82, 2.24) is 31.5 Å². The number of thiol groups is 1. The van der Waals surface area contributed by atoms with Gasteiger partial charge in [-0.1, -0.05) is 13.8 Å². The minimum atomic E-state index is -1.57. The highest BCUT2D eigenvalue weighted by Gasteiger charge is 2.40. The van der Waals surface area contributed by atoms with E-state index in [0.29, 0.717) is 12.8 Å². The summed E-state index contributed by atoms with van der Waals surface area (Å²) in [6, 6.07) is -5.88. The number of nitrogens with two attached hydrogens (primary N) is 3. The molecule has 0 aliphatic carbocycles. The summed E-state index contributed by atoms with van der Waals surface area (Å²) in [7, 11) is 0. The molecule has 0 aromatic heterocycles.